The van der Waals surface area contributed by atoms with E-state index < -0.39 is 0 Å². The fourth-order valence-corrected chi connectivity index (χ4v) is 2.63. The van der Waals surface area contributed by atoms with Gasteiger partial charge in [-0.3, -0.25) is 4.79 Å². The summed E-state index contributed by atoms with van der Waals surface area (Å²) in [5.41, 5.74) is 2.28. The van der Waals surface area contributed by atoms with Crippen molar-refractivity contribution in [2.75, 3.05) is 18.4 Å². The molecule has 0 saturated carbocycles. The van der Waals surface area contributed by atoms with E-state index in [2.05, 4.69) is 26.6 Å². The van der Waals surface area contributed by atoms with E-state index in [4.69, 9.17) is 0 Å². The highest BCUT2D eigenvalue weighted by Crippen LogP contribution is 2.17. The molecule has 0 saturated heterocycles. The summed E-state index contributed by atoms with van der Waals surface area (Å²) >= 11 is 3.50. The van der Waals surface area contributed by atoms with Crippen LogP contribution in [-0.2, 0) is 11.2 Å². The summed E-state index contributed by atoms with van der Waals surface area (Å²) in [7, 11) is 0. The predicted molar refractivity (Wildman–Crippen MR) is 95.0 cm³/mol. The van der Waals surface area contributed by atoms with Crippen molar-refractivity contribution >= 4 is 27.5 Å². The molecule has 0 fully saturated rings. The minimum Gasteiger partial charge on any atom is -0.385 e. The number of halogens is 1. The molecule has 0 atom stereocenters. The Balaban J connectivity index is 1.57. The zero-order valence-corrected chi connectivity index (χ0v) is 14.1. The standard InChI is InChI=1S/C18H21BrN2O/c19-17-10-5-4-7-15(17)11-12-18(22)21-14-6-13-20-16-8-2-1-3-9-16/h1-5,7-10,20H,6,11-14H2,(H,21,22). The Labute approximate surface area is 140 Å². The van der Waals surface area contributed by atoms with Crippen LogP contribution in [0.3, 0.4) is 0 Å². The summed E-state index contributed by atoms with van der Waals surface area (Å²) < 4.78 is 1.06. The summed E-state index contributed by atoms with van der Waals surface area (Å²) in [5.74, 6) is 0.107. The van der Waals surface area contributed by atoms with Gasteiger partial charge in [0.2, 0.25) is 5.91 Å². The van der Waals surface area contributed by atoms with E-state index in [0.717, 1.165) is 29.5 Å². The van der Waals surface area contributed by atoms with Crippen molar-refractivity contribution in [2.24, 2.45) is 0 Å². The van der Waals surface area contributed by atoms with Crippen molar-refractivity contribution in [1.82, 2.24) is 5.32 Å². The van der Waals surface area contributed by atoms with Crippen LogP contribution in [0.15, 0.2) is 59.1 Å². The quantitative estimate of drug-likeness (QED) is 0.698. The molecule has 4 heteroatoms. The second kappa shape index (κ2) is 9.26. The van der Waals surface area contributed by atoms with Crippen molar-refractivity contribution in [3.05, 3.63) is 64.6 Å². The molecule has 0 aliphatic rings. The Kier molecular flexibility index (Phi) is 6.97. The molecule has 0 radical (unpaired) electrons. The van der Waals surface area contributed by atoms with Crippen LogP contribution in [0.4, 0.5) is 5.69 Å². The van der Waals surface area contributed by atoms with Gasteiger partial charge >= 0.3 is 0 Å². The molecule has 116 valence electrons. The molecular weight excluding hydrogens is 340 g/mol. The molecule has 0 aromatic heterocycles. The van der Waals surface area contributed by atoms with Gasteiger partial charge in [0.15, 0.2) is 0 Å². The summed E-state index contributed by atoms with van der Waals surface area (Å²) in [4.78, 5) is 11.8. The van der Waals surface area contributed by atoms with Crippen LogP contribution in [0.5, 0.6) is 0 Å². The normalized spacial score (nSPS) is 10.2. The lowest BCUT2D eigenvalue weighted by atomic mass is 10.1. The van der Waals surface area contributed by atoms with Crippen molar-refractivity contribution in [3.8, 4) is 0 Å². The molecule has 3 nitrogen and oxygen atoms in total. The first-order chi connectivity index (χ1) is 10.8. The predicted octanol–water partition coefficient (Wildman–Crippen LogP) is 4.00. The number of hydrogen-bond acceptors (Lipinski definition) is 2. The zero-order valence-electron chi connectivity index (χ0n) is 12.5. The topological polar surface area (TPSA) is 41.1 Å². The first kappa shape index (κ1) is 16.6. The molecule has 2 N–H and O–H groups in total. The van der Waals surface area contributed by atoms with Crippen molar-refractivity contribution in [3.63, 3.8) is 0 Å². The molecule has 0 spiro atoms. The molecule has 1 amide bonds. The fourth-order valence-electron chi connectivity index (χ4n) is 2.14. The summed E-state index contributed by atoms with van der Waals surface area (Å²) in [6.07, 6.45) is 2.19. The minimum absolute atomic E-state index is 0.107. The lowest BCUT2D eigenvalue weighted by molar-refractivity contribution is -0.121. The minimum atomic E-state index is 0.107. The van der Waals surface area contributed by atoms with Gasteiger partial charge in [-0.05, 0) is 36.6 Å². The number of carbonyl (C=O) groups excluding carboxylic acids is 1. The van der Waals surface area contributed by atoms with Gasteiger partial charge in [0.25, 0.3) is 0 Å². The van der Waals surface area contributed by atoms with Crippen LogP contribution in [0.25, 0.3) is 0 Å². The SMILES string of the molecule is O=C(CCc1ccccc1Br)NCCCNc1ccccc1. The van der Waals surface area contributed by atoms with Crippen LogP contribution in [0.1, 0.15) is 18.4 Å². The molecule has 2 aromatic carbocycles. The molecule has 0 aliphatic heterocycles. The van der Waals surface area contributed by atoms with E-state index in [-0.39, 0.29) is 5.91 Å². The van der Waals surface area contributed by atoms with Crippen LogP contribution < -0.4 is 10.6 Å². The van der Waals surface area contributed by atoms with Crippen LogP contribution in [0, 0.1) is 0 Å². The number of amides is 1. The van der Waals surface area contributed by atoms with Crippen LogP contribution in [0.2, 0.25) is 0 Å². The average Bonchev–Trinajstić information content (AvgIpc) is 2.55. The van der Waals surface area contributed by atoms with Gasteiger partial charge in [-0.1, -0.05) is 52.3 Å². The maximum Gasteiger partial charge on any atom is 0.220 e. The van der Waals surface area contributed by atoms with E-state index in [1.807, 2.05) is 54.6 Å². The van der Waals surface area contributed by atoms with Crippen molar-refractivity contribution < 1.29 is 4.79 Å². The smallest absolute Gasteiger partial charge is 0.220 e. The molecule has 22 heavy (non-hydrogen) atoms. The molecular formula is C18H21BrN2O. The second-order valence-electron chi connectivity index (χ2n) is 5.09. The summed E-state index contributed by atoms with van der Waals surface area (Å²) in [6, 6.07) is 18.1. The lowest BCUT2D eigenvalue weighted by Crippen LogP contribution is -2.26. The molecule has 2 aromatic rings. The fraction of sp³-hybridized carbons (Fsp3) is 0.278. The van der Waals surface area contributed by atoms with E-state index in [0.29, 0.717) is 13.0 Å². The Hall–Kier alpha value is -1.81. The number of aryl methyl sites for hydroxylation is 1. The number of anilines is 1. The first-order valence-electron chi connectivity index (χ1n) is 7.55. The summed E-state index contributed by atoms with van der Waals surface area (Å²) in [5, 5.41) is 6.29. The summed E-state index contributed by atoms with van der Waals surface area (Å²) in [6.45, 7) is 1.56. The Morgan fingerprint density at radius 1 is 0.955 bits per heavy atom. The zero-order chi connectivity index (χ0) is 15.6. The number of nitrogens with one attached hydrogen (secondary N) is 2. The molecule has 0 unspecified atom stereocenters. The van der Waals surface area contributed by atoms with E-state index in [9.17, 15) is 4.79 Å². The lowest BCUT2D eigenvalue weighted by Gasteiger charge is -2.08. The third kappa shape index (κ3) is 5.90. The van der Waals surface area contributed by atoms with E-state index in [1.54, 1.807) is 0 Å². The molecule has 0 bridgehead atoms. The molecule has 0 aliphatic carbocycles. The van der Waals surface area contributed by atoms with Gasteiger partial charge in [-0.2, -0.15) is 0 Å². The van der Waals surface area contributed by atoms with E-state index in [1.165, 1.54) is 5.56 Å². The largest absolute Gasteiger partial charge is 0.385 e. The van der Waals surface area contributed by atoms with Gasteiger partial charge in [0, 0.05) is 29.7 Å². The maximum absolute atomic E-state index is 11.8. The maximum atomic E-state index is 11.8. The Bertz CT molecular complexity index is 587. The number of para-hydroxylation sites is 1. The van der Waals surface area contributed by atoms with Gasteiger partial charge in [-0.25, -0.2) is 0 Å². The number of benzene rings is 2. The van der Waals surface area contributed by atoms with E-state index >= 15 is 0 Å². The highest BCUT2D eigenvalue weighted by Gasteiger charge is 2.04. The Morgan fingerprint density at radius 3 is 2.45 bits per heavy atom. The molecule has 2 rings (SSSR count). The Morgan fingerprint density at radius 2 is 1.68 bits per heavy atom. The van der Waals surface area contributed by atoms with Gasteiger partial charge in [0.1, 0.15) is 0 Å². The van der Waals surface area contributed by atoms with Crippen molar-refractivity contribution in [1.29, 1.82) is 0 Å². The third-order valence-electron chi connectivity index (χ3n) is 3.36. The highest BCUT2D eigenvalue weighted by atomic mass is 79.9. The van der Waals surface area contributed by atoms with Gasteiger partial charge in [0.05, 0.1) is 0 Å². The van der Waals surface area contributed by atoms with Crippen LogP contribution in [-0.4, -0.2) is 19.0 Å². The van der Waals surface area contributed by atoms with Crippen molar-refractivity contribution in [2.45, 2.75) is 19.3 Å². The van der Waals surface area contributed by atoms with Gasteiger partial charge in [-0.15, -0.1) is 0 Å². The third-order valence-corrected chi connectivity index (χ3v) is 4.13. The first-order valence-corrected chi connectivity index (χ1v) is 8.34. The number of carbonyl (C=O) groups is 1. The number of hydrogen-bond donors (Lipinski definition) is 2. The average molecular weight is 361 g/mol. The van der Waals surface area contributed by atoms with Crippen LogP contribution >= 0.6 is 15.9 Å². The molecule has 0 heterocycles. The second-order valence-corrected chi connectivity index (χ2v) is 5.94. The van der Waals surface area contributed by atoms with Gasteiger partial charge < -0.3 is 10.6 Å². The number of rotatable bonds is 8. The monoisotopic (exact) mass is 360 g/mol. The highest BCUT2D eigenvalue weighted by molar-refractivity contribution is 9.10.